The highest BCUT2D eigenvalue weighted by Crippen LogP contribution is 2.39. The number of hydrogen-bond acceptors (Lipinski definition) is 8. The lowest BCUT2D eigenvalue weighted by atomic mass is 9.96. The SMILES string of the molecule is COc1cc(-c2noc(C3CCN(C(=O)[C@@H]4CC[C@H](c5ccccc5)N4C(=O)OC(C)(C)C)CC3)n2)ccc1O. The first-order valence-electron chi connectivity index (χ1n) is 13.7. The molecule has 1 N–H and O–H groups in total. The Hall–Kier alpha value is -4.08. The minimum atomic E-state index is -0.666. The highest BCUT2D eigenvalue weighted by Gasteiger charge is 2.45. The molecule has 2 amide bonds. The van der Waals surface area contributed by atoms with Crippen molar-refractivity contribution in [2.75, 3.05) is 20.2 Å². The van der Waals surface area contributed by atoms with Crippen molar-refractivity contribution in [2.24, 2.45) is 0 Å². The van der Waals surface area contributed by atoms with Gasteiger partial charge in [0.1, 0.15) is 11.6 Å². The first-order valence-corrected chi connectivity index (χ1v) is 13.7. The van der Waals surface area contributed by atoms with Crippen LogP contribution in [-0.4, -0.2) is 68.9 Å². The number of amides is 2. The van der Waals surface area contributed by atoms with Crippen LogP contribution in [0.4, 0.5) is 4.79 Å². The molecule has 3 aromatic rings. The third kappa shape index (κ3) is 5.76. The second kappa shape index (κ2) is 11.2. The Bertz CT molecular complexity index is 1340. The summed E-state index contributed by atoms with van der Waals surface area (Å²) < 4.78 is 16.5. The molecule has 2 fully saturated rings. The second-order valence-corrected chi connectivity index (χ2v) is 11.3. The molecule has 1 aromatic heterocycles. The molecule has 10 heteroatoms. The molecule has 0 spiro atoms. The summed E-state index contributed by atoms with van der Waals surface area (Å²) >= 11 is 0. The van der Waals surface area contributed by atoms with Crippen LogP contribution in [0.5, 0.6) is 11.5 Å². The summed E-state index contributed by atoms with van der Waals surface area (Å²) in [6, 6.07) is 13.9. The molecule has 2 saturated heterocycles. The molecule has 5 rings (SSSR count). The molecule has 2 atom stereocenters. The van der Waals surface area contributed by atoms with E-state index >= 15 is 0 Å². The molecule has 212 valence electrons. The molecule has 0 aliphatic carbocycles. The van der Waals surface area contributed by atoms with E-state index in [0.717, 1.165) is 5.56 Å². The normalized spacial score (nSPS) is 20.0. The number of phenols is 1. The van der Waals surface area contributed by atoms with Gasteiger partial charge in [0.2, 0.25) is 17.6 Å². The van der Waals surface area contributed by atoms with Gasteiger partial charge in [-0.3, -0.25) is 9.69 Å². The molecule has 40 heavy (non-hydrogen) atoms. The smallest absolute Gasteiger partial charge is 0.411 e. The van der Waals surface area contributed by atoms with E-state index in [-0.39, 0.29) is 23.6 Å². The highest BCUT2D eigenvalue weighted by molar-refractivity contribution is 5.87. The van der Waals surface area contributed by atoms with Crippen LogP contribution in [-0.2, 0) is 9.53 Å². The van der Waals surface area contributed by atoms with E-state index in [1.807, 2.05) is 56.0 Å². The Morgan fingerprint density at radius 1 is 1.02 bits per heavy atom. The number of piperidine rings is 1. The standard InChI is InChI=1S/C30H36N4O6/c1-30(2,3)39-29(37)34-22(19-8-6-5-7-9-19)11-12-23(34)28(36)33-16-14-20(15-17-33)27-31-26(32-40-27)21-10-13-24(35)25(18-21)38-4/h5-10,13,18,20,22-23,35H,11-12,14-17H2,1-4H3/t22-,23+/m1/s1. The number of aromatic nitrogens is 2. The monoisotopic (exact) mass is 548 g/mol. The maximum atomic E-state index is 13.8. The van der Waals surface area contributed by atoms with Crippen LogP contribution < -0.4 is 4.74 Å². The van der Waals surface area contributed by atoms with Gasteiger partial charge in [-0.2, -0.15) is 4.98 Å². The van der Waals surface area contributed by atoms with Gasteiger partial charge in [0.15, 0.2) is 11.5 Å². The van der Waals surface area contributed by atoms with E-state index in [4.69, 9.17) is 14.0 Å². The Morgan fingerprint density at radius 2 is 1.75 bits per heavy atom. The maximum absolute atomic E-state index is 13.8. The Labute approximate surface area is 233 Å². The second-order valence-electron chi connectivity index (χ2n) is 11.3. The number of methoxy groups -OCH3 is 1. The van der Waals surface area contributed by atoms with Gasteiger partial charge in [0.05, 0.1) is 13.2 Å². The van der Waals surface area contributed by atoms with E-state index in [1.54, 1.807) is 17.0 Å². The van der Waals surface area contributed by atoms with Crippen molar-refractivity contribution in [2.45, 2.75) is 70.1 Å². The molecule has 0 radical (unpaired) electrons. The molecule has 2 aliphatic rings. The third-order valence-corrected chi connectivity index (χ3v) is 7.49. The fourth-order valence-corrected chi connectivity index (χ4v) is 5.52. The van der Waals surface area contributed by atoms with E-state index in [2.05, 4.69) is 10.1 Å². The highest BCUT2D eigenvalue weighted by atomic mass is 16.6. The molecule has 0 saturated carbocycles. The summed E-state index contributed by atoms with van der Waals surface area (Å²) in [5.74, 6) is 1.27. The van der Waals surface area contributed by atoms with E-state index in [0.29, 0.717) is 61.8 Å². The average molecular weight is 549 g/mol. The van der Waals surface area contributed by atoms with Crippen molar-refractivity contribution in [1.82, 2.24) is 19.9 Å². The predicted molar refractivity (Wildman–Crippen MR) is 147 cm³/mol. The predicted octanol–water partition coefficient (Wildman–Crippen LogP) is 5.30. The zero-order valence-electron chi connectivity index (χ0n) is 23.4. The fraction of sp³-hybridized carbons (Fsp3) is 0.467. The topological polar surface area (TPSA) is 118 Å². The van der Waals surface area contributed by atoms with Crippen LogP contribution in [0.1, 0.15) is 69.9 Å². The lowest BCUT2D eigenvalue weighted by Crippen LogP contribution is -2.51. The van der Waals surface area contributed by atoms with Crippen LogP contribution in [0, 0.1) is 0 Å². The number of carbonyl (C=O) groups excluding carboxylic acids is 2. The van der Waals surface area contributed by atoms with E-state index in [9.17, 15) is 14.7 Å². The van der Waals surface area contributed by atoms with Crippen molar-refractivity contribution >= 4 is 12.0 Å². The first-order chi connectivity index (χ1) is 19.1. The number of nitrogens with zero attached hydrogens (tertiary/aromatic N) is 4. The van der Waals surface area contributed by atoms with Gasteiger partial charge in [0.25, 0.3) is 0 Å². The Balaban J connectivity index is 1.26. The van der Waals surface area contributed by atoms with Gasteiger partial charge in [0, 0.05) is 24.6 Å². The van der Waals surface area contributed by atoms with Crippen LogP contribution in [0.25, 0.3) is 11.4 Å². The van der Waals surface area contributed by atoms with Crippen molar-refractivity contribution < 1.29 is 28.7 Å². The summed E-state index contributed by atoms with van der Waals surface area (Å²) in [6.45, 7) is 6.56. The Morgan fingerprint density at radius 3 is 2.42 bits per heavy atom. The summed E-state index contributed by atoms with van der Waals surface area (Å²) in [6.07, 6.45) is 2.17. The van der Waals surface area contributed by atoms with Gasteiger partial charge in [-0.25, -0.2) is 4.79 Å². The van der Waals surface area contributed by atoms with Crippen LogP contribution >= 0.6 is 0 Å². The first kappa shape index (κ1) is 27.5. The number of phenolic OH excluding ortho intramolecular Hbond substituents is 1. The lowest BCUT2D eigenvalue weighted by molar-refractivity contribution is -0.137. The molecule has 3 heterocycles. The number of carbonyl (C=O) groups is 2. The van der Waals surface area contributed by atoms with Crippen molar-refractivity contribution in [3.63, 3.8) is 0 Å². The van der Waals surface area contributed by atoms with Gasteiger partial charge in [-0.05, 0) is 70.2 Å². The van der Waals surface area contributed by atoms with E-state index in [1.165, 1.54) is 13.2 Å². The zero-order chi connectivity index (χ0) is 28.4. The molecular weight excluding hydrogens is 512 g/mol. The molecule has 2 aliphatic heterocycles. The molecule has 0 unspecified atom stereocenters. The maximum Gasteiger partial charge on any atom is 0.411 e. The largest absolute Gasteiger partial charge is 0.504 e. The van der Waals surface area contributed by atoms with Crippen LogP contribution in [0.2, 0.25) is 0 Å². The minimum absolute atomic E-state index is 0.0203. The van der Waals surface area contributed by atoms with Crippen molar-refractivity contribution in [3.8, 4) is 22.9 Å². The van der Waals surface area contributed by atoms with Crippen LogP contribution in [0.15, 0.2) is 53.1 Å². The summed E-state index contributed by atoms with van der Waals surface area (Å²) in [5.41, 5.74) is 1.01. The van der Waals surface area contributed by atoms with Crippen molar-refractivity contribution in [3.05, 3.63) is 60.0 Å². The van der Waals surface area contributed by atoms with Gasteiger partial charge < -0.3 is 24.0 Å². The molecule has 10 nitrogen and oxygen atoms in total. The summed E-state index contributed by atoms with van der Waals surface area (Å²) in [7, 11) is 1.48. The van der Waals surface area contributed by atoms with Crippen LogP contribution in [0.3, 0.4) is 0 Å². The molecule has 0 bridgehead atoms. The average Bonchev–Trinajstić information content (AvgIpc) is 3.61. The number of aromatic hydroxyl groups is 1. The number of benzene rings is 2. The summed E-state index contributed by atoms with van der Waals surface area (Å²) in [5, 5.41) is 14.0. The van der Waals surface area contributed by atoms with Gasteiger partial charge in [-0.1, -0.05) is 35.5 Å². The quantitative estimate of drug-likeness (QED) is 0.457. The number of ether oxygens (including phenoxy) is 2. The van der Waals surface area contributed by atoms with Crippen molar-refractivity contribution in [1.29, 1.82) is 0 Å². The molecular formula is C30H36N4O6. The van der Waals surface area contributed by atoms with E-state index < -0.39 is 17.7 Å². The Kier molecular flexibility index (Phi) is 7.69. The third-order valence-electron chi connectivity index (χ3n) is 7.49. The fourth-order valence-electron chi connectivity index (χ4n) is 5.52. The number of likely N-dealkylation sites (tertiary alicyclic amines) is 2. The lowest BCUT2D eigenvalue weighted by Gasteiger charge is -2.36. The minimum Gasteiger partial charge on any atom is -0.504 e. The van der Waals surface area contributed by atoms with Gasteiger partial charge in [-0.15, -0.1) is 0 Å². The zero-order valence-corrected chi connectivity index (χ0v) is 23.4. The summed E-state index contributed by atoms with van der Waals surface area (Å²) in [4.78, 5) is 35.2. The number of hydrogen-bond donors (Lipinski definition) is 1. The molecule has 2 aromatic carbocycles. The van der Waals surface area contributed by atoms with Gasteiger partial charge >= 0.3 is 6.09 Å². The number of rotatable bonds is 5.